The highest BCUT2D eigenvalue weighted by Gasteiger charge is 2.25. The second kappa shape index (κ2) is 13.2. The summed E-state index contributed by atoms with van der Waals surface area (Å²) in [6, 6.07) is 12.7. The number of anilines is 1. The van der Waals surface area contributed by atoms with E-state index in [-0.39, 0.29) is 41.4 Å². The lowest BCUT2D eigenvalue weighted by molar-refractivity contribution is -0.123. The Bertz CT molecular complexity index is 1380. The molecule has 1 heterocycles. The number of sulfonamides is 1. The monoisotopic (exact) mass is 577 g/mol. The molecule has 4 N–H and O–H groups in total. The Hall–Kier alpha value is -2.99. The molecule has 0 aliphatic rings. The molecule has 0 unspecified atom stereocenters. The van der Waals surface area contributed by atoms with Gasteiger partial charge in [-0.2, -0.15) is 0 Å². The number of hydrogen-bond acceptors (Lipinski definition) is 7. The van der Waals surface area contributed by atoms with Crippen molar-refractivity contribution in [3.05, 3.63) is 64.6 Å². The molecular weight excluding hydrogens is 546 g/mol. The molecule has 0 aliphatic carbocycles. The van der Waals surface area contributed by atoms with Gasteiger partial charge in [-0.05, 0) is 43.0 Å². The van der Waals surface area contributed by atoms with Crippen LogP contribution in [0.3, 0.4) is 0 Å². The van der Waals surface area contributed by atoms with Crippen LogP contribution in [0.15, 0.2) is 59.6 Å². The lowest BCUT2D eigenvalue weighted by atomic mass is 10.0. The summed E-state index contributed by atoms with van der Waals surface area (Å²) in [7, 11) is -2.27. The van der Waals surface area contributed by atoms with Gasteiger partial charge in [-0.15, -0.1) is 11.3 Å². The molecule has 2 aromatic carbocycles. The van der Waals surface area contributed by atoms with E-state index in [4.69, 9.17) is 17.3 Å². The van der Waals surface area contributed by atoms with Crippen LogP contribution >= 0.6 is 22.9 Å². The number of halogens is 1. The number of para-hydroxylation sites is 1. The third-order valence-corrected chi connectivity index (χ3v) is 8.90. The van der Waals surface area contributed by atoms with Gasteiger partial charge in [-0.1, -0.05) is 49.7 Å². The fraction of sp³-hybridized carbons (Fsp3) is 0.346. The number of rotatable bonds is 12. The van der Waals surface area contributed by atoms with Crippen molar-refractivity contribution in [2.24, 2.45) is 5.92 Å². The first-order valence-corrected chi connectivity index (χ1v) is 14.7. The molecule has 12 heteroatoms. The minimum atomic E-state index is -3.74. The Morgan fingerprint density at radius 1 is 1.16 bits per heavy atom. The van der Waals surface area contributed by atoms with Gasteiger partial charge in [0, 0.05) is 30.7 Å². The zero-order valence-corrected chi connectivity index (χ0v) is 23.9. The summed E-state index contributed by atoms with van der Waals surface area (Å²) >= 11 is 7.27. The highest BCUT2D eigenvalue weighted by Crippen LogP contribution is 2.27. The van der Waals surface area contributed by atoms with Crippen LogP contribution in [0, 0.1) is 5.92 Å². The van der Waals surface area contributed by atoms with Crippen molar-refractivity contribution in [1.82, 2.24) is 19.9 Å². The van der Waals surface area contributed by atoms with E-state index in [0.717, 1.165) is 5.56 Å². The molecule has 204 valence electrons. The summed E-state index contributed by atoms with van der Waals surface area (Å²) in [6.45, 7) is 4.36. The van der Waals surface area contributed by atoms with Gasteiger partial charge >= 0.3 is 0 Å². The van der Waals surface area contributed by atoms with E-state index in [1.165, 1.54) is 41.0 Å². The minimum Gasteiger partial charge on any atom is -0.398 e. The van der Waals surface area contributed by atoms with Crippen molar-refractivity contribution >= 4 is 50.5 Å². The Balaban J connectivity index is 1.56. The smallest absolute Gasteiger partial charge is 0.263 e. The molecule has 1 atom stereocenters. The van der Waals surface area contributed by atoms with Crippen LogP contribution in [0.4, 0.5) is 5.69 Å². The molecule has 2 amide bonds. The summed E-state index contributed by atoms with van der Waals surface area (Å²) in [5.41, 5.74) is 6.81. The minimum absolute atomic E-state index is 0.0489. The number of nitrogens with one attached hydrogen (secondary N) is 2. The topological polar surface area (TPSA) is 134 Å². The Kier molecular flexibility index (Phi) is 10.3. The fourth-order valence-corrected chi connectivity index (χ4v) is 6.03. The Labute approximate surface area is 232 Å². The van der Waals surface area contributed by atoms with Crippen molar-refractivity contribution < 1.29 is 18.0 Å². The van der Waals surface area contributed by atoms with Gasteiger partial charge in [0.25, 0.3) is 5.91 Å². The number of amides is 2. The lowest BCUT2D eigenvalue weighted by Crippen LogP contribution is -2.47. The predicted molar refractivity (Wildman–Crippen MR) is 152 cm³/mol. The maximum absolute atomic E-state index is 12.9. The van der Waals surface area contributed by atoms with E-state index in [0.29, 0.717) is 27.7 Å². The van der Waals surface area contributed by atoms with Crippen LogP contribution in [0.1, 0.15) is 36.4 Å². The zero-order valence-electron chi connectivity index (χ0n) is 21.5. The molecule has 38 heavy (non-hydrogen) atoms. The van der Waals surface area contributed by atoms with E-state index < -0.39 is 16.1 Å². The normalized spacial score (nSPS) is 12.5. The van der Waals surface area contributed by atoms with Crippen LogP contribution in [0.5, 0.6) is 0 Å². The quantitative estimate of drug-likeness (QED) is 0.220. The Morgan fingerprint density at radius 2 is 1.89 bits per heavy atom. The van der Waals surface area contributed by atoms with Crippen LogP contribution in [-0.2, 0) is 14.8 Å². The summed E-state index contributed by atoms with van der Waals surface area (Å²) in [5.74, 6) is -0.561. The first kappa shape index (κ1) is 29.6. The van der Waals surface area contributed by atoms with Crippen LogP contribution in [-0.4, -0.2) is 55.7 Å². The maximum Gasteiger partial charge on any atom is 0.263 e. The van der Waals surface area contributed by atoms with Crippen molar-refractivity contribution in [2.75, 3.05) is 25.9 Å². The van der Waals surface area contributed by atoms with E-state index in [1.54, 1.807) is 24.3 Å². The van der Waals surface area contributed by atoms with Gasteiger partial charge in [0.05, 0.1) is 11.9 Å². The van der Waals surface area contributed by atoms with Crippen molar-refractivity contribution in [2.45, 2.75) is 37.6 Å². The van der Waals surface area contributed by atoms with E-state index >= 15 is 0 Å². The largest absolute Gasteiger partial charge is 0.398 e. The first-order chi connectivity index (χ1) is 18.0. The SMILES string of the molecule is CC(C)C[C@H](NC(=O)c1cnc(-c2cccc(Cl)c2)s1)C(=O)NCCCN(C)S(=O)(=O)c1ccccc1N. The summed E-state index contributed by atoms with van der Waals surface area (Å²) in [4.78, 5) is 30.6. The number of hydrogen-bond donors (Lipinski definition) is 3. The number of thiazole rings is 1. The Morgan fingerprint density at radius 3 is 2.58 bits per heavy atom. The molecule has 0 fully saturated rings. The summed E-state index contributed by atoms with van der Waals surface area (Å²) < 4.78 is 26.8. The van der Waals surface area contributed by atoms with Crippen LogP contribution < -0.4 is 16.4 Å². The van der Waals surface area contributed by atoms with Gasteiger partial charge < -0.3 is 16.4 Å². The van der Waals surface area contributed by atoms with Crippen LogP contribution in [0.2, 0.25) is 5.02 Å². The molecule has 3 aromatic rings. The van der Waals surface area contributed by atoms with Gasteiger partial charge in [0.2, 0.25) is 15.9 Å². The average Bonchev–Trinajstić information content (AvgIpc) is 3.36. The zero-order chi connectivity index (χ0) is 27.9. The molecule has 0 radical (unpaired) electrons. The number of aromatic nitrogens is 1. The average molecular weight is 578 g/mol. The van der Waals surface area contributed by atoms with Gasteiger partial charge in [0.15, 0.2) is 0 Å². The molecule has 0 aliphatic heterocycles. The van der Waals surface area contributed by atoms with E-state index in [9.17, 15) is 18.0 Å². The van der Waals surface area contributed by atoms with Gasteiger partial charge in [0.1, 0.15) is 20.8 Å². The molecule has 0 bridgehead atoms. The van der Waals surface area contributed by atoms with Crippen molar-refractivity contribution in [1.29, 1.82) is 0 Å². The number of carbonyl (C=O) groups is 2. The third-order valence-electron chi connectivity index (χ3n) is 5.69. The second-order valence-electron chi connectivity index (χ2n) is 9.20. The number of benzene rings is 2. The number of nitrogen functional groups attached to an aromatic ring is 1. The molecule has 0 saturated heterocycles. The molecule has 9 nitrogen and oxygen atoms in total. The molecule has 3 rings (SSSR count). The lowest BCUT2D eigenvalue weighted by Gasteiger charge is -2.21. The fourth-order valence-electron chi connectivity index (χ4n) is 3.71. The predicted octanol–water partition coefficient (Wildman–Crippen LogP) is 4.02. The van der Waals surface area contributed by atoms with Crippen molar-refractivity contribution in [3.8, 4) is 10.6 Å². The summed E-state index contributed by atoms with van der Waals surface area (Å²) in [6.07, 6.45) is 2.31. The maximum atomic E-state index is 12.9. The molecule has 0 saturated carbocycles. The van der Waals surface area contributed by atoms with Gasteiger partial charge in [-0.3, -0.25) is 9.59 Å². The standard InChI is InChI=1S/C26H32ClN5O4S2/c1-17(2)14-21(31-25(34)22-16-30-26(37-22)18-8-6-9-19(27)15-18)24(33)29-12-7-13-32(3)38(35,36)23-11-5-4-10-20(23)28/h4-6,8-11,15-17,21H,7,12-14,28H2,1-3H3,(H,29,33)(H,31,34)/t21-/m0/s1. The van der Waals surface area contributed by atoms with Crippen LogP contribution in [0.25, 0.3) is 10.6 Å². The second-order valence-corrected chi connectivity index (χ2v) is 12.7. The summed E-state index contributed by atoms with van der Waals surface area (Å²) in [5, 5.41) is 6.86. The third kappa shape index (κ3) is 7.76. The van der Waals surface area contributed by atoms with E-state index in [2.05, 4.69) is 15.6 Å². The number of nitrogens with zero attached hydrogens (tertiary/aromatic N) is 2. The molecular formula is C26H32ClN5O4S2. The highest BCUT2D eigenvalue weighted by atomic mass is 35.5. The molecule has 1 aromatic heterocycles. The first-order valence-electron chi connectivity index (χ1n) is 12.1. The van der Waals surface area contributed by atoms with Gasteiger partial charge in [-0.25, -0.2) is 17.7 Å². The highest BCUT2D eigenvalue weighted by molar-refractivity contribution is 7.89. The number of carbonyl (C=O) groups excluding carboxylic acids is 2. The number of nitrogens with two attached hydrogens (primary N) is 1. The molecule has 0 spiro atoms. The van der Waals surface area contributed by atoms with Crippen molar-refractivity contribution in [3.63, 3.8) is 0 Å². The van der Waals surface area contributed by atoms with E-state index in [1.807, 2.05) is 26.0 Å².